The average molecular weight is 240 g/mol. The van der Waals surface area contributed by atoms with E-state index in [1.807, 2.05) is 24.9 Å². The van der Waals surface area contributed by atoms with E-state index in [0.717, 1.165) is 0 Å². The first kappa shape index (κ1) is 14.1. The maximum Gasteiger partial charge on any atom is 0.127 e. The predicted molar refractivity (Wildman–Crippen MR) is 67.2 cm³/mol. The van der Waals surface area contributed by atoms with Crippen molar-refractivity contribution in [2.75, 3.05) is 27.3 Å². The summed E-state index contributed by atoms with van der Waals surface area (Å²) >= 11 is 0. The zero-order valence-electron chi connectivity index (χ0n) is 10.7. The lowest BCUT2D eigenvalue weighted by atomic mass is 10.0. The van der Waals surface area contributed by atoms with E-state index in [-0.39, 0.29) is 11.4 Å². The molecule has 0 aromatic heterocycles. The fraction of sp³-hybridized carbons (Fsp3) is 0.538. The maximum absolute atomic E-state index is 13.5. The Morgan fingerprint density at radius 2 is 2.06 bits per heavy atom. The third-order valence-corrected chi connectivity index (χ3v) is 3.18. The minimum atomic E-state index is -0.281. The molecule has 0 spiro atoms. The van der Waals surface area contributed by atoms with Gasteiger partial charge in [-0.2, -0.15) is 0 Å². The minimum absolute atomic E-state index is 0.184. The van der Waals surface area contributed by atoms with Gasteiger partial charge in [-0.25, -0.2) is 4.39 Å². The van der Waals surface area contributed by atoms with Gasteiger partial charge in [-0.15, -0.1) is 0 Å². The molecular weight excluding hydrogens is 219 g/mol. The summed E-state index contributed by atoms with van der Waals surface area (Å²) in [6.45, 7) is 3.52. The van der Waals surface area contributed by atoms with E-state index in [1.54, 1.807) is 19.2 Å². The summed E-state index contributed by atoms with van der Waals surface area (Å²) in [5.41, 5.74) is 6.16. The summed E-state index contributed by atoms with van der Waals surface area (Å²) in [5, 5.41) is 0. The van der Waals surface area contributed by atoms with Crippen LogP contribution in [-0.2, 0) is 11.3 Å². The van der Waals surface area contributed by atoms with Gasteiger partial charge in [0.15, 0.2) is 0 Å². The molecule has 0 radical (unpaired) electrons. The van der Waals surface area contributed by atoms with Crippen molar-refractivity contribution in [3.05, 3.63) is 35.6 Å². The fourth-order valence-corrected chi connectivity index (χ4v) is 1.71. The lowest BCUT2D eigenvalue weighted by Gasteiger charge is -2.37. The lowest BCUT2D eigenvalue weighted by molar-refractivity contribution is 0.0385. The average Bonchev–Trinajstić information content (AvgIpc) is 2.32. The van der Waals surface area contributed by atoms with E-state index in [1.165, 1.54) is 6.07 Å². The number of hydrogen-bond donors (Lipinski definition) is 1. The van der Waals surface area contributed by atoms with Crippen molar-refractivity contribution in [3.8, 4) is 0 Å². The van der Waals surface area contributed by atoms with Gasteiger partial charge in [0.1, 0.15) is 5.82 Å². The second-order valence-electron chi connectivity index (χ2n) is 4.58. The van der Waals surface area contributed by atoms with Gasteiger partial charge in [0.2, 0.25) is 0 Å². The van der Waals surface area contributed by atoms with Crippen LogP contribution in [0.3, 0.4) is 0 Å². The van der Waals surface area contributed by atoms with Crippen molar-refractivity contribution in [2.24, 2.45) is 5.73 Å². The molecule has 1 aromatic rings. The molecule has 0 aliphatic rings. The summed E-state index contributed by atoms with van der Waals surface area (Å²) < 4.78 is 18.7. The first-order valence-electron chi connectivity index (χ1n) is 5.67. The largest absolute Gasteiger partial charge is 0.383 e. The van der Waals surface area contributed by atoms with E-state index in [2.05, 4.69) is 0 Å². The minimum Gasteiger partial charge on any atom is -0.383 e. The summed E-state index contributed by atoms with van der Waals surface area (Å²) in [6, 6.07) is 6.79. The first-order valence-corrected chi connectivity index (χ1v) is 5.67. The monoisotopic (exact) mass is 240 g/mol. The smallest absolute Gasteiger partial charge is 0.127 e. The highest BCUT2D eigenvalue weighted by molar-refractivity contribution is 5.17. The molecule has 1 atom stereocenters. The van der Waals surface area contributed by atoms with Crippen molar-refractivity contribution < 1.29 is 9.13 Å². The van der Waals surface area contributed by atoms with Crippen LogP contribution in [-0.4, -0.2) is 37.7 Å². The van der Waals surface area contributed by atoms with Gasteiger partial charge < -0.3 is 10.5 Å². The molecule has 96 valence electrons. The highest BCUT2D eigenvalue weighted by Crippen LogP contribution is 2.17. The van der Waals surface area contributed by atoms with Crippen molar-refractivity contribution in [1.82, 2.24) is 4.90 Å². The number of hydrogen-bond acceptors (Lipinski definition) is 3. The number of benzene rings is 1. The van der Waals surface area contributed by atoms with Gasteiger partial charge in [-0.05, 0) is 20.0 Å². The third kappa shape index (κ3) is 3.49. The highest BCUT2D eigenvalue weighted by Gasteiger charge is 2.28. The topological polar surface area (TPSA) is 38.5 Å². The Kier molecular flexibility index (Phi) is 5.05. The zero-order chi connectivity index (χ0) is 12.9. The van der Waals surface area contributed by atoms with Crippen LogP contribution in [0.25, 0.3) is 0 Å². The molecule has 3 nitrogen and oxygen atoms in total. The summed E-state index contributed by atoms with van der Waals surface area (Å²) in [4.78, 5) is 2.02. The van der Waals surface area contributed by atoms with Gasteiger partial charge in [0.25, 0.3) is 0 Å². The molecular formula is C13H21FN2O. The predicted octanol–water partition coefficient (Wildman–Crippen LogP) is 1.62. The number of nitrogens with two attached hydrogens (primary N) is 1. The first-order chi connectivity index (χ1) is 8.03. The van der Waals surface area contributed by atoms with E-state index in [0.29, 0.717) is 25.3 Å². The van der Waals surface area contributed by atoms with Crippen LogP contribution < -0.4 is 5.73 Å². The van der Waals surface area contributed by atoms with Gasteiger partial charge in [-0.3, -0.25) is 4.90 Å². The molecule has 4 heteroatoms. The van der Waals surface area contributed by atoms with Crippen LogP contribution in [0.5, 0.6) is 0 Å². The van der Waals surface area contributed by atoms with Crippen LogP contribution in [0, 0.1) is 5.82 Å². The molecule has 0 amide bonds. The molecule has 1 unspecified atom stereocenters. The number of rotatable bonds is 6. The van der Waals surface area contributed by atoms with Crippen molar-refractivity contribution in [1.29, 1.82) is 0 Å². The Morgan fingerprint density at radius 1 is 1.41 bits per heavy atom. The quantitative estimate of drug-likeness (QED) is 0.821. The fourth-order valence-electron chi connectivity index (χ4n) is 1.71. The van der Waals surface area contributed by atoms with Crippen LogP contribution >= 0.6 is 0 Å². The maximum atomic E-state index is 13.5. The molecule has 0 aliphatic carbocycles. The van der Waals surface area contributed by atoms with E-state index in [9.17, 15) is 4.39 Å². The molecule has 0 saturated heterocycles. The Labute approximate surface area is 102 Å². The van der Waals surface area contributed by atoms with Gasteiger partial charge in [-0.1, -0.05) is 18.2 Å². The van der Waals surface area contributed by atoms with Crippen LogP contribution in [0.4, 0.5) is 4.39 Å². The standard InChI is InChI=1S/C13H21FN2O/c1-13(9-15,10-17-3)16(2)8-11-6-4-5-7-12(11)14/h4-7H,8-10,15H2,1-3H3. The SMILES string of the molecule is COCC(C)(CN)N(C)Cc1ccccc1F. The number of methoxy groups -OCH3 is 1. The molecule has 0 saturated carbocycles. The number of halogens is 1. The molecule has 0 heterocycles. The molecule has 1 rings (SSSR count). The molecule has 1 aromatic carbocycles. The van der Waals surface area contributed by atoms with Crippen molar-refractivity contribution in [3.63, 3.8) is 0 Å². The third-order valence-electron chi connectivity index (χ3n) is 3.18. The van der Waals surface area contributed by atoms with E-state index < -0.39 is 0 Å². The number of ether oxygens (including phenoxy) is 1. The summed E-state index contributed by atoms with van der Waals surface area (Å²) in [7, 11) is 3.57. The number of likely N-dealkylation sites (N-methyl/N-ethyl adjacent to an activating group) is 1. The molecule has 0 aliphatic heterocycles. The van der Waals surface area contributed by atoms with E-state index >= 15 is 0 Å². The van der Waals surface area contributed by atoms with Crippen LogP contribution in [0.2, 0.25) is 0 Å². The Morgan fingerprint density at radius 3 is 2.59 bits per heavy atom. The normalized spacial score (nSPS) is 14.9. The molecule has 17 heavy (non-hydrogen) atoms. The molecule has 0 fully saturated rings. The second-order valence-corrected chi connectivity index (χ2v) is 4.58. The van der Waals surface area contributed by atoms with Gasteiger partial charge in [0, 0.05) is 25.8 Å². The summed E-state index contributed by atoms with van der Waals surface area (Å²) in [6.07, 6.45) is 0. The second kappa shape index (κ2) is 6.10. The molecule has 2 N–H and O–H groups in total. The lowest BCUT2D eigenvalue weighted by Crippen LogP contribution is -2.52. The zero-order valence-corrected chi connectivity index (χ0v) is 10.7. The Balaban J connectivity index is 2.77. The van der Waals surface area contributed by atoms with Crippen LogP contribution in [0.15, 0.2) is 24.3 Å². The van der Waals surface area contributed by atoms with Gasteiger partial charge >= 0.3 is 0 Å². The Hall–Kier alpha value is -0.970. The summed E-state index contributed by atoms with van der Waals surface area (Å²) in [5.74, 6) is -0.184. The molecule has 0 bridgehead atoms. The van der Waals surface area contributed by atoms with Crippen LogP contribution in [0.1, 0.15) is 12.5 Å². The van der Waals surface area contributed by atoms with Crippen molar-refractivity contribution in [2.45, 2.75) is 19.0 Å². The van der Waals surface area contributed by atoms with Crippen molar-refractivity contribution >= 4 is 0 Å². The highest BCUT2D eigenvalue weighted by atomic mass is 19.1. The van der Waals surface area contributed by atoms with Gasteiger partial charge in [0.05, 0.1) is 12.1 Å². The Bertz CT molecular complexity index is 359. The van der Waals surface area contributed by atoms with E-state index in [4.69, 9.17) is 10.5 Å². The number of nitrogens with zero attached hydrogens (tertiary/aromatic N) is 1.